The highest BCUT2D eigenvalue weighted by Gasteiger charge is 2.02. The van der Waals surface area contributed by atoms with Crippen LogP contribution in [0.2, 0.25) is 5.02 Å². The van der Waals surface area contributed by atoms with Gasteiger partial charge in [0.05, 0.1) is 11.6 Å². The van der Waals surface area contributed by atoms with Crippen LogP contribution >= 0.6 is 23.4 Å². The molecule has 100 valence electrons. The Morgan fingerprint density at radius 1 is 1.21 bits per heavy atom. The van der Waals surface area contributed by atoms with Gasteiger partial charge in [-0.1, -0.05) is 23.7 Å². The van der Waals surface area contributed by atoms with Crippen LogP contribution in [0.4, 0.5) is 5.69 Å². The maximum Gasteiger partial charge on any atom is 0.137 e. The van der Waals surface area contributed by atoms with E-state index in [9.17, 15) is 0 Å². The third kappa shape index (κ3) is 4.08. The van der Waals surface area contributed by atoms with Crippen LogP contribution < -0.4 is 10.5 Å². The van der Waals surface area contributed by atoms with Crippen molar-refractivity contribution in [3.8, 4) is 5.75 Å². The molecule has 2 aromatic carbocycles. The predicted molar refractivity (Wildman–Crippen MR) is 83.3 cm³/mol. The van der Waals surface area contributed by atoms with Gasteiger partial charge in [-0.15, -0.1) is 11.8 Å². The molecule has 0 aliphatic carbocycles. The fourth-order valence-electron chi connectivity index (χ4n) is 1.70. The molecule has 0 unspecified atom stereocenters. The fraction of sp³-hybridized carbons (Fsp3) is 0.200. The molecule has 2 N–H and O–H groups in total. The Morgan fingerprint density at radius 2 is 2.00 bits per heavy atom. The van der Waals surface area contributed by atoms with Crippen LogP contribution in [0.25, 0.3) is 0 Å². The Bertz CT molecular complexity index is 560. The van der Waals surface area contributed by atoms with Crippen molar-refractivity contribution in [1.29, 1.82) is 0 Å². The Labute approximate surface area is 122 Å². The van der Waals surface area contributed by atoms with Gasteiger partial charge >= 0.3 is 0 Å². The first-order valence-electron chi connectivity index (χ1n) is 6.03. The molecular weight excluding hydrogens is 278 g/mol. The third-order valence-electron chi connectivity index (χ3n) is 2.63. The standard InChI is InChI=1S/C15H16ClNOS/c1-11-10-12(17)6-7-15(11)19-9-8-18-14-5-3-2-4-13(14)16/h2-7,10H,8-9,17H2,1H3. The van der Waals surface area contributed by atoms with Crippen LogP contribution in [0.15, 0.2) is 47.4 Å². The lowest BCUT2D eigenvalue weighted by Gasteiger charge is -2.09. The number of nitrogen functional groups attached to an aromatic ring is 1. The summed E-state index contributed by atoms with van der Waals surface area (Å²) < 4.78 is 5.64. The molecule has 0 radical (unpaired) electrons. The van der Waals surface area contributed by atoms with E-state index in [1.54, 1.807) is 11.8 Å². The molecule has 0 spiro atoms. The quantitative estimate of drug-likeness (QED) is 0.504. The van der Waals surface area contributed by atoms with Crippen LogP contribution in [-0.4, -0.2) is 12.4 Å². The van der Waals surface area contributed by atoms with Crippen molar-refractivity contribution in [2.24, 2.45) is 0 Å². The summed E-state index contributed by atoms with van der Waals surface area (Å²) in [7, 11) is 0. The summed E-state index contributed by atoms with van der Waals surface area (Å²) in [5.74, 6) is 1.61. The highest BCUT2D eigenvalue weighted by molar-refractivity contribution is 7.99. The minimum Gasteiger partial charge on any atom is -0.491 e. The molecule has 0 saturated carbocycles. The minimum atomic E-state index is 0.623. The average molecular weight is 294 g/mol. The third-order valence-corrected chi connectivity index (χ3v) is 4.09. The molecule has 0 fully saturated rings. The average Bonchev–Trinajstić information content (AvgIpc) is 2.38. The molecule has 2 aromatic rings. The second kappa shape index (κ2) is 6.73. The lowest BCUT2D eigenvalue weighted by atomic mass is 10.2. The van der Waals surface area contributed by atoms with Gasteiger partial charge in [-0.25, -0.2) is 0 Å². The molecule has 0 heterocycles. The molecular formula is C15H16ClNOS. The lowest BCUT2D eigenvalue weighted by Crippen LogP contribution is -2.00. The van der Waals surface area contributed by atoms with E-state index >= 15 is 0 Å². The molecule has 19 heavy (non-hydrogen) atoms. The van der Waals surface area contributed by atoms with E-state index in [4.69, 9.17) is 22.1 Å². The summed E-state index contributed by atoms with van der Waals surface area (Å²) >= 11 is 7.77. The SMILES string of the molecule is Cc1cc(N)ccc1SCCOc1ccccc1Cl. The van der Waals surface area contributed by atoms with Crippen LogP contribution in [-0.2, 0) is 0 Å². The minimum absolute atomic E-state index is 0.623. The number of para-hydroxylation sites is 1. The van der Waals surface area contributed by atoms with E-state index < -0.39 is 0 Å². The van der Waals surface area contributed by atoms with Gasteiger partial charge in [0.1, 0.15) is 5.75 Å². The molecule has 2 rings (SSSR count). The maximum atomic E-state index is 6.02. The van der Waals surface area contributed by atoms with Crippen molar-refractivity contribution < 1.29 is 4.74 Å². The molecule has 0 aromatic heterocycles. The fourth-order valence-corrected chi connectivity index (χ4v) is 2.73. The zero-order valence-electron chi connectivity index (χ0n) is 10.7. The van der Waals surface area contributed by atoms with Crippen molar-refractivity contribution in [2.45, 2.75) is 11.8 Å². The summed E-state index contributed by atoms with van der Waals surface area (Å²) in [5, 5.41) is 0.649. The number of ether oxygens (including phenoxy) is 1. The molecule has 0 atom stereocenters. The Hall–Kier alpha value is -1.32. The summed E-state index contributed by atoms with van der Waals surface area (Å²) in [6.45, 7) is 2.69. The van der Waals surface area contributed by atoms with Crippen LogP contribution in [0, 0.1) is 6.92 Å². The van der Waals surface area contributed by atoms with Gasteiger partial charge in [-0.2, -0.15) is 0 Å². The van der Waals surface area contributed by atoms with E-state index in [1.807, 2.05) is 42.5 Å². The van der Waals surface area contributed by atoms with Gasteiger partial charge in [-0.3, -0.25) is 0 Å². The first kappa shape index (κ1) is 14.1. The molecule has 0 aliphatic rings. The van der Waals surface area contributed by atoms with Gasteiger partial charge in [0.2, 0.25) is 0 Å². The zero-order valence-corrected chi connectivity index (χ0v) is 12.3. The summed E-state index contributed by atoms with van der Waals surface area (Å²) in [5.41, 5.74) is 7.72. The van der Waals surface area contributed by atoms with Gasteiger partial charge in [-0.05, 0) is 42.8 Å². The number of aryl methyl sites for hydroxylation is 1. The lowest BCUT2D eigenvalue weighted by molar-refractivity contribution is 0.344. The first-order chi connectivity index (χ1) is 9.16. The van der Waals surface area contributed by atoms with Gasteiger partial charge < -0.3 is 10.5 Å². The van der Waals surface area contributed by atoms with Gasteiger partial charge in [0.15, 0.2) is 0 Å². The first-order valence-corrected chi connectivity index (χ1v) is 7.39. The Morgan fingerprint density at radius 3 is 2.74 bits per heavy atom. The van der Waals surface area contributed by atoms with Crippen LogP contribution in [0.3, 0.4) is 0 Å². The number of anilines is 1. The molecule has 0 bridgehead atoms. The molecule has 0 saturated heterocycles. The van der Waals surface area contributed by atoms with Crippen molar-refractivity contribution in [2.75, 3.05) is 18.1 Å². The van der Waals surface area contributed by atoms with Crippen molar-refractivity contribution in [3.05, 3.63) is 53.1 Å². The van der Waals surface area contributed by atoms with Crippen molar-refractivity contribution in [3.63, 3.8) is 0 Å². The summed E-state index contributed by atoms with van der Waals surface area (Å²) in [6, 6.07) is 13.5. The van der Waals surface area contributed by atoms with Gasteiger partial charge in [0, 0.05) is 16.3 Å². The topological polar surface area (TPSA) is 35.2 Å². The van der Waals surface area contributed by atoms with E-state index in [0.717, 1.165) is 17.2 Å². The van der Waals surface area contributed by atoms with E-state index in [1.165, 1.54) is 10.5 Å². The molecule has 2 nitrogen and oxygen atoms in total. The zero-order chi connectivity index (χ0) is 13.7. The van der Waals surface area contributed by atoms with Gasteiger partial charge in [0.25, 0.3) is 0 Å². The van der Waals surface area contributed by atoms with Crippen molar-refractivity contribution in [1.82, 2.24) is 0 Å². The largest absolute Gasteiger partial charge is 0.491 e. The number of hydrogen-bond acceptors (Lipinski definition) is 3. The second-order valence-corrected chi connectivity index (χ2v) is 5.70. The number of halogens is 1. The van der Waals surface area contributed by atoms with Crippen LogP contribution in [0.1, 0.15) is 5.56 Å². The normalized spacial score (nSPS) is 10.4. The van der Waals surface area contributed by atoms with E-state index in [-0.39, 0.29) is 0 Å². The monoisotopic (exact) mass is 293 g/mol. The Balaban J connectivity index is 1.83. The van der Waals surface area contributed by atoms with Crippen molar-refractivity contribution >= 4 is 29.1 Å². The van der Waals surface area contributed by atoms with Crippen LogP contribution in [0.5, 0.6) is 5.75 Å². The van der Waals surface area contributed by atoms with E-state index in [0.29, 0.717) is 11.6 Å². The number of rotatable bonds is 5. The number of nitrogens with two attached hydrogens (primary N) is 1. The number of benzene rings is 2. The predicted octanol–water partition coefficient (Wildman–Crippen LogP) is 4.40. The van der Waals surface area contributed by atoms with E-state index in [2.05, 4.69) is 6.92 Å². The smallest absolute Gasteiger partial charge is 0.137 e. The molecule has 4 heteroatoms. The number of hydrogen-bond donors (Lipinski definition) is 1. The molecule has 0 amide bonds. The highest BCUT2D eigenvalue weighted by atomic mass is 35.5. The maximum absolute atomic E-state index is 6.02. The highest BCUT2D eigenvalue weighted by Crippen LogP contribution is 2.26. The molecule has 0 aliphatic heterocycles. The Kier molecular flexibility index (Phi) is 5.00. The summed E-state index contributed by atoms with van der Waals surface area (Å²) in [6.07, 6.45) is 0. The summed E-state index contributed by atoms with van der Waals surface area (Å²) in [4.78, 5) is 1.23. The number of thioether (sulfide) groups is 1. The second-order valence-electron chi connectivity index (χ2n) is 4.15.